The van der Waals surface area contributed by atoms with Crippen LogP contribution in [0, 0.1) is 0 Å². The lowest BCUT2D eigenvalue weighted by atomic mass is 9.38. The standard InChI is InChI=1S/C74H40B4N6S4/c1-9-25-59-47(17-1)75(48-18-2-10-26-60(48)85-59)67-34-41-43-36-69(77-51-21-5-13-29-63(51)87-64-30-14-6-22-52(64)77)81-71-45-33-46-56(38-55(45)83(73(43)71)57(41)39-79-67)84-58-40-80-68(76-49-19-3-11-27-61(49)86-62-28-12-4-20-50(62)76)35-42(58)44-37-70(82-72(46)74(44)84)78-53-23-7-15-31-65(53)88-66-32-16-8-24-54(66)78/h1-40H. The molecule has 0 saturated carbocycles. The normalized spacial score (nSPS) is 14.1. The lowest BCUT2D eigenvalue weighted by molar-refractivity contribution is 1.30. The summed E-state index contributed by atoms with van der Waals surface area (Å²) in [7, 11) is 0. The Morgan fingerprint density at radius 2 is 0.511 bits per heavy atom. The van der Waals surface area contributed by atoms with E-state index in [9.17, 15) is 0 Å². The van der Waals surface area contributed by atoms with Gasteiger partial charge in [-0.25, -0.2) is 0 Å². The molecule has 9 aromatic carbocycles. The molecule has 0 amide bonds. The van der Waals surface area contributed by atoms with E-state index in [2.05, 4.69) is 252 Å². The Hall–Kier alpha value is -9.16. The van der Waals surface area contributed by atoms with Crippen molar-refractivity contribution >= 4 is 216 Å². The Kier molecular flexibility index (Phi) is 10.1. The quantitative estimate of drug-likeness (QED) is 0.162. The molecule has 0 spiro atoms. The zero-order chi connectivity index (χ0) is 57.0. The second-order valence-corrected chi connectivity index (χ2v) is 28.2. The average Bonchev–Trinajstić information content (AvgIpc) is 1.52. The third-order valence-corrected chi connectivity index (χ3v) is 24.1. The van der Waals surface area contributed by atoms with Crippen molar-refractivity contribution in [3.05, 3.63) is 243 Å². The van der Waals surface area contributed by atoms with Crippen LogP contribution in [0.2, 0.25) is 0 Å². The van der Waals surface area contributed by atoms with Crippen molar-refractivity contribution in [1.82, 2.24) is 28.7 Å². The van der Waals surface area contributed by atoms with Crippen molar-refractivity contribution in [1.29, 1.82) is 0 Å². The molecule has 402 valence electrons. The number of nitrogens with zero attached hydrogens (tertiary/aromatic N) is 6. The van der Waals surface area contributed by atoms with Crippen LogP contribution in [0.3, 0.4) is 0 Å². The minimum absolute atomic E-state index is 0.0323. The lowest BCUT2D eigenvalue weighted by Gasteiger charge is -2.25. The van der Waals surface area contributed by atoms with Gasteiger partial charge in [0, 0.05) is 93.9 Å². The van der Waals surface area contributed by atoms with Gasteiger partial charge >= 0.3 is 0 Å². The van der Waals surface area contributed by atoms with Crippen LogP contribution in [0.4, 0.5) is 0 Å². The van der Waals surface area contributed by atoms with E-state index in [0.717, 1.165) is 77.3 Å². The predicted molar refractivity (Wildman–Crippen MR) is 374 cm³/mol. The van der Waals surface area contributed by atoms with Gasteiger partial charge in [0.05, 0.1) is 56.5 Å². The Morgan fingerprint density at radius 1 is 0.250 bits per heavy atom. The summed E-state index contributed by atoms with van der Waals surface area (Å²) in [6, 6.07) is 85.8. The molecule has 17 aromatic rings. The first-order valence-electron chi connectivity index (χ1n) is 30.0. The zero-order valence-electron chi connectivity index (χ0n) is 46.7. The Labute approximate surface area is 523 Å². The predicted octanol–water partition coefficient (Wildman–Crippen LogP) is 9.49. The molecule has 0 N–H and O–H groups in total. The molecule has 0 saturated heterocycles. The zero-order valence-corrected chi connectivity index (χ0v) is 50.0. The van der Waals surface area contributed by atoms with Crippen LogP contribution in [0.1, 0.15) is 0 Å². The molecule has 0 radical (unpaired) electrons. The van der Waals surface area contributed by atoms with Crippen LogP contribution < -0.4 is 66.1 Å². The number of benzene rings is 9. The second kappa shape index (κ2) is 18.2. The summed E-state index contributed by atoms with van der Waals surface area (Å²) in [5.74, 6) is 0. The van der Waals surface area contributed by atoms with E-state index >= 15 is 0 Å². The van der Waals surface area contributed by atoms with Gasteiger partial charge in [0.25, 0.3) is 26.9 Å². The van der Waals surface area contributed by atoms with Crippen LogP contribution in [-0.2, 0) is 0 Å². The van der Waals surface area contributed by atoms with E-state index in [-0.39, 0.29) is 26.9 Å². The van der Waals surface area contributed by atoms with E-state index in [1.165, 1.54) is 104 Å². The first kappa shape index (κ1) is 48.9. The van der Waals surface area contributed by atoms with E-state index in [1.54, 1.807) is 0 Å². The molecule has 8 aromatic heterocycles. The van der Waals surface area contributed by atoms with Gasteiger partial charge in [-0.3, -0.25) is 19.9 Å². The molecular formula is C74H40B4N6S4. The highest BCUT2D eigenvalue weighted by atomic mass is 32.2. The highest BCUT2D eigenvalue weighted by Gasteiger charge is 2.39. The SMILES string of the molecule is c1ccc2c(c1)Sc1ccccc1B2c1cc2c3cc(B4c5ccccc5Sc5ccccc54)nc4c5cc6c7nc(B8c9ccccc9Sc9ccccc98)cc8c9cc(B%10c%11ccccc%11Sc%11ccccc%11%10)ncc9n(c6cc5n(c2cn1)c34)c87. The molecule has 88 heavy (non-hydrogen) atoms. The topological polar surface area (TPSA) is 60.4 Å². The van der Waals surface area contributed by atoms with E-state index in [4.69, 9.17) is 19.9 Å². The molecule has 14 heteroatoms. The third kappa shape index (κ3) is 6.70. The molecule has 21 rings (SSSR count). The summed E-state index contributed by atoms with van der Waals surface area (Å²) < 4.78 is 4.95. The highest BCUT2D eigenvalue weighted by molar-refractivity contribution is 8.01. The maximum Gasteiger partial charge on any atom is 0.267 e. The number of hydrogen-bond donors (Lipinski definition) is 0. The summed E-state index contributed by atoms with van der Waals surface area (Å²) in [5.41, 5.74) is 22.9. The fraction of sp³-hybridized carbons (Fsp3) is 0. The maximum absolute atomic E-state index is 6.00. The number of pyridine rings is 4. The summed E-state index contributed by atoms with van der Waals surface area (Å²) in [5, 5.41) is 6.89. The molecule has 4 aliphatic rings. The Bertz CT molecular complexity index is 5390. The Balaban J connectivity index is 0.873. The van der Waals surface area contributed by atoms with Gasteiger partial charge in [0.15, 0.2) is 0 Å². The Morgan fingerprint density at radius 3 is 0.807 bits per heavy atom. The minimum Gasteiger partial charge on any atom is -0.305 e. The first-order chi connectivity index (χ1) is 43.6. The molecule has 0 atom stereocenters. The van der Waals surface area contributed by atoms with Crippen molar-refractivity contribution < 1.29 is 0 Å². The van der Waals surface area contributed by atoms with Crippen molar-refractivity contribution in [2.75, 3.05) is 0 Å². The number of rotatable bonds is 4. The smallest absolute Gasteiger partial charge is 0.267 e. The molecule has 0 unspecified atom stereocenters. The molecular weight excluding hydrogens is 1140 g/mol. The number of hydrogen-bond acceptors (Lipinski definition) is 8. The van der Waals surface area contributed by atoms with Crippen LogP contribution in [0.25, 0.3) is 76.5 Å². The lowest BCUT2D eigenvalue weighted by Crippen LogP contribution is -2.56. The summed E-state index contributed by atoms with van der Waals surface area (Å²) in [6.07, 6.45) is 4.31. The second-order valence-electron chi connectivity index (χ2n) is 23.8. The van der Waals surface area contributed by atoms with Gasteiger partial charge in [-0.1, -0.05) is 236 Å². The van der Waals surface area contributed by atoms with Gasteiger partial charge in [0.2, 0.25) is 0 Å². The first-order valence-corrected chi connectivity index (χ1v) is 33.2. The number of aromatic nitrogens is 6. The van der Waals surface area contributed by atoms with Crippen LogP contribution in [0.5, 0.6) is 0 Å². The molecule has 12 heterocycles. The summed E-state index contributed by atoms with van der Waals surface area (Å²) in [6.45, 7) is -0.235. The van der Waals surface area contributed by atoms with Gasteiger partial charge in [-0.2, -0.15) is 0 Å². The van der Waals surface area contributed by atoms with Crippen LogP contribution in [0.15, 0.2) is 282 Å². The van der Waals surface area contributed by atoms with Crippen LogP contribution in [-0.4, -0.2) is 55.6 Å². The summed E-state index contributed by atoms with van der Waals surface area (Å²) >= 11 is 7.43. The highest BCUT2D eigenvalue weighted by Crippen LogP contribution is 2.44. The maximum atomic E-state index is 6.00. The average molecular weight is 1180 g/mol. The number of fused-ring (bicyclic) bond motifs is 20. The van der Waals surface area contributed by atoms with Crippen molar-refractivity contribution in [3.63, 3.8) is 0 Å². The fourth-order valence-electron chi connectivity index (χ4n) is 15.7. The van der Waals surface area contributed by atoms with Crippen LogP contribution >= 0.6 is 47.0 Å². The van der Waals surface area contributed by atoms with Crippen molar-refractivity contribution in [2.24, 2.45) is 0 Å². The monoisotopic (exact) mass is 1180 g/mol. The van der Waals surface area contributed by atoms with E-state index in [1.807, 2.05) is 47.0 Å². The van der Waals surface area contributed by atoms with E-state index < -0.39 is 0 Å². The largest absolute Gasteiger partial charge is 0.305 e. The molecule has 0 fully saturated rings. The molecule has 0 aliphatic carbocycles. The molecule has 6 nitrogen and oxygen atoms in total. The van der Waals surface area contributed by atoms with Gasteiger partial charge in [0.1, 0.15) is 0 Å². The van der Waals surface area contributed by atoms with Gasteiger partial charge < -0.3 is 8.80 Å². The van der Waals surface area contributed by atoms with Crippen molar-refractivity contribution in [3.8, 4) is 0 Å². The van der Waals surface area contributed by atoms with Gasteiger partial charge in [-0.05, 0) is 84.9 Å². The van der Waals surface area contributed by atoms with Gasteiger partial charge in [-0.15, -0.1) is 0 Å². The fourth-order valence-corrected chi connectivity index (χ4v) is 20.2. The third-order valence-electron chi connectivity index (χ3n) is 19.4. The minimum atomic E-state index is -0.0853. The summed E-state index contributed by atoms with van der Waals surface area (Å²) in [4.78, 5) is 33.3. The molecule has 4 aliphatic heterocycles. The molecule has 0 bridgehead atoms. The van der Waals surface area contributed by atoms with E-state index in [0.29, 0.717) is 0 Å². The van der Waals surface area contributed by atoms with Crippen molar-refractivity contribution in [2.45, 2.75) is 39.2 Å².